The van der Waals surface area contributed by atoms with Crippen LogP contribution in [-0.4, -0.2) is 55.6 Å². The van der Waals surface area contributed by atoms with Crippen molar-refractivity contribution < 1.29 is 18.0 Å². The zero-order valence-corrected chi connectivity index (χ0v) is 15.3. The smallest absolute Gasteiger partial charge is 0.243 e. The molecule has 2 heterocycles. The van der Waals surface area contributed by atoms with Crippen molar-refractivity contribution in [3.05, 3.63) is 23.8 Å². The maximum Gasteiger partial charge on any atom is 0.243 e. The molecule has 0 spiro atoms. The van der Waals surface area contributed by atoms with Gasteiger partial charge in [0.2, 0.25) is 21.8 Å². The van der Waals surface area contributed by atoms with Crippen LogP contribution in [0.15, 0.2) is 23.1 Å². The summed E-state index contributed by atoms with van der Waals surface area (Å²) in [5, 5.41) is 2.70. The molecule has 3 rings (SSSR count). The SMILES string of the molecule is CC(C)C(=O)N1CCCN(S(=O)(=O)c2ccc3c(c2)CC(=O)N3)CC1. The van der Waals surface area contributed by atoms with Crippen molar-refractivity contribution in [2.75, 3.05) is 31.5 Å². The fourth-order valence-corrected chi connectivity index (χ4v) is 4.76. The molecular weight excluding hydrogens is 342 g/mol. The standard InChI is InChI=1S/C17H23N3O4S/c1-12(2)17(22)19-6-3-7-20(9-8-19)25(23,24)14-4-5-15-13(10-14)11-16(21)18-15/h4-5,10,12H,3,6-9,11H2,1-2H3,(H,18,21). The fraction of sp³-hybridized carbons (Fsp3) is 0.529. The van der Waals surface area contributed by atoms with E-state index in [1.807, 2.05) is 13.8 Å². The number of anilines is 1. The van der Waals surface area contributed by atoms with Gasteiger partial charge in [0.25, 0.3) is 0 Å². The third-order valence-corrected chi connectivity index (χ3v) is 6.49. The minimum Gasteiger partial charge on any atom is -0.341 e. The van der Waals surface area contributed by atoms with E-state index in [2.05, 4.69) is 5.32 Å². The van der Waals surface area contributed by atoms with E-state index < -0.39 is 10.0 Å². The molecule has 0 unspecified atom stereocenters. The van der Waals surface area contributed by atoms with E-state index in [0.717, 1.165) is 0 Å². The molecule has 2 aliphatic rings. The maximum atomic E-state index is 12.9. The van der Waals surface area contributed by atoms with Gasteiger partial charge in [-0.1, -0.05) is 13.8 Å². The highest BCUT2D eigenvalue weighted by atomic mass is 32.2. The van der Waals surface area contributed by atoms with E-state index in [-0.39, 0.29) is 35.6 Å². The number of carbonyl (C=O) groups excluding carboxylic acids is 2. The van der Waals surface area contributed by atoms with Crippen LogP contribution in [0.2, 0.25) is 0 Å². The number of hydrogen-bond acceptors (Lipinski definition) is 4. The summed E-state index contributed by atoms with van der Waals surface area (Å²) in [7, 11) is -3.64. The van der Waals surface area contributed by atoms with Gasteiger partial charge in [0, 0.05) is 37.8 Å². The van der Waals surface area contributed by atoms with Crippen LogP contribution < -0.4 is 5.32 Å². The zero-order chi connectivity index (χ0) is 18.2. The largest absolute Gasteiger partial charge is 0.341 e. The number of rotatable bonds is 3. The van der Waals surface area contributed by atoms with Crippen molar-refractivity contribution in [2.24, 2.45) is 5.92 Å². The number of amides is 2. The molecule has 8 heteroatoms. The third kappa shape index (κ3) is 3.55. The van der Waals surface area contributed by atoms with Crippen LogP contribution in [0.3, 0.4) is 0 Å². The summed E-state index contributed by atoms with van der Waals surface area (Å²) >= 11 is 0. The van der Waals surface area contributed by atoms with Gasteiger partial charge in [0.1, 0.15) is 0 Å². The van der Waals surface area contributed by atoms with Gasteiger partial charge >= 0.3 is 0 Å². The summed E-state index contributed by atoms with van der Waals surface area (Å²) in [6.07, 6.45) is 0.817. The number of benzene rings is 1. The van der Waals surface area contributed by atoms with Crippen molar-refractivity contribution in [1.82, 2.24) is 9.21 Å². The Bertz CT molecular complexity index is 804. The van der Waals surface area contributed by atoms with Crippen molar-refractivity contribution in [3.63, 3.8) is 0 Å². The number of nitrogens with zero attached hydrogens (tertiary/aromatic N) is 2. The highest BCUT2D eigenvalue weighted by molar-refractivity contribution is 7.89. The van der Waals surface area contributed by atoms with Crippen LogP contribution in [0.25, 0.3) is 0 Å². The van der Waals surface area contributed by atoms with Crippen molar-refractivity contribution in [1.29, 1.82) is 0 Å². The lowest BCUT2D eigenvalue weighted by Crippen LogP contribution is -2.38. The highest BCUT2D eigenvalue weighted by Gasteiger charge is 2.30. The molecule has 1 N–H and O–H groups in total. The maximum absolute atomic E-state index is 12.9. The van der Waals surface area contributed by atoms with Crippen LogP contribution >= 0.6 is 0 Å². The first-order chi connectivity index (χ1) is 11.8. The molecule has 0 bridgehead atoms. The van der Waals surface area contributed by atoms with Crippen LogP contribution in [-0.2, 0) is 26.0 Å². The van der Waals surface area contributed by atoms with Gasteiger partial charge in [-0.3, -0.25) is 9.59 Å². The molecule has 2 aliphatic heterocycles. The first-order valence-electron chi connectivity index (χ1n) is 8.51. The van der Waals surface area contributed by atoms with E-state index in [1.54, 1.807) is 17.0 Å². The zero-order valence-electron chi connectivity index (χ0n) is 14.5. The van der Waals surface area contributed by atoms with Gasteiger partial charge in [-0.05, 0) is 30.2 Å². The first-order valence-corrected chi connectivity index (χ1v) is 9.95. The normalized spacial score (nSPS) is 18.8. The highest BCUT2D eigenvalue weighted by Crippen LogP contribution is 2.27. The monoisotopic (exact) mass is 365 g/mol. The Balaban J connectivity index is 1.78. The summed E-state index contributed by atoms with van der Waals surface area (Å²) in [6.45, 7) is 5.35. The molecule has 25 heavy (non-hydrogen) atoms. The van der Waals surface area contributed by atoms with E-state index in [4.69, 9.17) is 0 Å². The summed E-state index contributed by atoms with van der Waals surface area (Å²) in [6, 6.07) is 4.74. The second-order valence-electron chi connectivity index (χ2n) is 6.78. The van der Waals surface area contributed by atoms with Gasteiger partial charge in [-0.25, -0.2) is 8.42 Å². The number of fused-ring (bicyclic) bond motifs is 1. The Morgan fingerprint density at radius 2 is 1.92 bits per heavy atom. The van der Waals surface area contributed by atoms with Gasteiger partial charge in [0.05, 0.1) is 11.3 Å². The predicted molar refractivity (Wildman–Crippen MR) is 93.6 cm³/mol. The minimum absolute atomic E-state index is 0.0568. The Hall–Kier alpha value is -1.93. The summed E-state index contributed by atoms with van der Waals surface area (Å²) in [4.78, 5) is 25.6. The van der Waals surface area contributed by atoms with E-state index in [1.165, 1.54) is 10.4 Å². The minimum atomic E-state index is -3.64. The molecule has 0 aromatic heterocycles. The Morgan fingerprint density at radius 1 is 1.16 bits per heavy atom. The second-order valence-corrected chi connectivity index (χ2v) is 8.72. The summed E-state index contributed by atoms with van der Waals surface area (Å²) < 4.78 is 27.3. The van der Waals surface area contributed by atoms with Crippen LogP contribution in [0.5, 0.6) is 0 Å². The van der Waals surface area contributed by atoms with Gasteiger partial charge in [-0.2, -0.15) is 4.31 Å². The molecular formula is C17H23N3O4S. The third-order valence-electron chi connectivity index (χ3n) is 4.60. The molecule has 1 fully saturated rings. The molecule has 1 aromatic rings. The number of nitrogens with one attached hydrogen (secondary N) is 1. The number of sulfonamides is 1. The topological polar surface area (TPSA) is 86.8 Å². The molecule has 136 valence electrons. The molecule has 1 saturated heterocycles. The van der Waals surface area contributed by atoms with Gasteiger partial charge in [0.15, 0.2) is 0 Å². The van der Waals surface area contributed by atoms with Crippen LogP contribution in [0.1, 0.15) is 25.8 Å². The fourth-order valence-electron chi connectivity index (χ4n) is 3.23. The Morgan fingerprint density at radius 3 is 2.64 bits per heavy atom. The lowest BCUT2D eigenvalue weighted by molar-refractivity contribution is -0.134. The van der Waals surface area contributed by atoms with E-state index in [9.17, 15) is 18.0 Å². The summed E-state index contributed by atoms with van der Waals surface area (Å²) in [5.41, 5.74) is 1.38. The summed E-state index contributed by atoms with van der Waals surface area (Å²) in [5.74, 6) is -0.159. The van der Waals surface area contributed by atoms with E-state index in [0.29, 0.717) is 37.3 Å². The first kappa shape index (κ1) is 17.9. The van der Waals surface area contributed by atoms with Crippen molar-refractivity contribution >= 4 is 27.5 Å². The Labute approximate surface area is 148 Å². The average Bonchev–Trinajstić information content (AvgIpc) is 2.77. The predicted octanol–water partition coefficient (Wildman–Crippen LogP) is 1.06. The quantitative estimate of drug-likeness (QED) is 0.868. The molecule has 1 aromatic carbocycles. The lowest BCUT2D eigenvalue weighted by atomic mass is 10.2. The molecule has 7 nitrogen and oxygen atoms in total. The number of hydrogen-bond donors (Lipinski definition) is 1. The van der Waals surface area contributed by atoms with Crippen LogP contribution in [0.4, 0.5) is 5.69 Å². The van der Waals surface area contributed by atoms with Crippen molar-refractivity contribution in [3.8, 4) is 0 Å². The molecule has 2 amide bonds. The molecule has 0 aliphatic carbocycles. The number of carbonyl (C=O) groups is 2. The average molecular weight is 365 g/mol. The van der Waals surface area contributed by atoms with Crippen LogP contribution in [0, 0.1) is 5.92 Å². The molecule has 0 saturated carbocycles. The van der Waals surface area contributed by atoms with Gasteiger partial charge < -0.3 is 10.2 Å². The second kappa shape index (κ2) is 6.76. The molecule has 0 radical (unpaired) electrons. The van der Waals surface area contributed by atoms with E-state index >= 15 is 0 Å². The lowest BCUT2D eigenvalue weighted by Gasteiger charge is -2.23. The Kier molecular flexibility index (Phi) is 4.83. The van der Waals surface area contributed by atoms with Gasteiger partial charge in [-0.15, -0.1) is 0 Å². The van der Waals surface area contributed by atoms with Crippen molar-refractivity contribution in [2.45, 2.75) is 31.6 Å². The molecule has 0 atom stereocenters.